The third-order valence-corrected chi connectivity index (χ3v) is 9.21. The second-order valence-electron chi connectivity index (χ2n) is 10.00. The summed E-state index contributed by atoms with van der Waals surface area (Å²) < 4.78 is 30.8. The molecule has 8 nitrogen and oxygen atoms in total. The summed E-state index contributed by atoms with van der Waals surface area (Å²) in [6.45, 7) is 6.20. The van der Waals surface area contributed by atoms with E-state index in [0.717, 1.165) is 57.7 Å². The van der Waals surface area contributed by atoms with Crippen LogP contribution >= 0.6 is 0 Å². The van der Waals surface area contributed by atoms with Crippen LogP contribution in [0.5, 0.6) is 0 Å². The van der Waals surface area contributed by atoms with Crippen LogP contribution in [0.1, 0.15) is 31.3 Å². The molecular weight excluding hydrogens is 508 g/mol. The van der Waals surface area contributed by atoms with E-state index in [0.29, 0.717) is 37.5 Å². The van der Waals surface area contributed by atoms with Gasteiger partial charge in [-0.2, -0.15) is 9.40 Å². The molecule has 6 rings (SSSR count). The summed E-state index contributed by atoms with van der Waals surface area (Å²) in [5, 5.41) is 7.71. The van der Waals surface area contributed by atoms with Gasteiger partial charge < -0.3 is 4.90 Å². The number of para-hydroxylation sites is 1. The molecule has 0 amide bonds. The van der Waals surface area contributed by atoms with Crippen molar-refractivity contribution in [2.24, 2.45) is 0 Å². The zero-order chi connectivity index (χ0) is 27.0. The minimum atomic E-state index is -3.62. The molecule has 0 atom stereocenters. The highest BCUT2D eigenvalue weighted by atomic mass is 32.2. The monoisotopic (exact) mass is 540 g/mol. The molecule has 200 valence electrons. The Kier molecular flexibility index (Phi) is 6.78. The summed E-state index contributed by atoms with van der Waals surface area (Å²) in [7, 11) is -3.62. The van der Waals surface area contributed by atoms with Gasteiger partial charge in [0.2, 0.25) is 10.0 Å². The SMILES string of the molecule is CCCc1nc(N2CCCN(S(=O)(=O)c3ccc4ccccc4c3)CC2)c2c(C)nn(-c3ccccc3)c2n1. The normalized spacial score (nSPS) is 15.2. The van der Waals surface area contributed by atoms with Crippen LogP contribution < -0.4 is 4.90 Å². The number of rotatable bonds is 6. The van der Waals surface area contributed by atoms with Gasteiger partial charge in [0, 0.05) is 32.6 Å². The van der Waals surface area contributed by atoms with Gasteiger partial charge in [-0.25, -0.2) is 23.1 Å². The molecule has 3 aromatic carbocycles. The molecule has 1 aliphatic heterocycles. The van der Waals surface area contributed by atoms with Crippen LogP contribution in [0.3, 0.4) is 0 Å². The lowest BCUT2D eigenvalue weighted by molar-refractivity contribution is 0.433. The predicted molar refractivity (Wildman–Crippen MR) is 155 cm³/mol. The second kappa shape index (κ2) is 10.4. The first-order valence-electron chi connectivity index (χ1n) is 13.5. The third-order valence-electron chi connectivity index (χ3n) is 7.32. The topological polar surface area (TPSA) is 84.2 Å². The number of sulfonamides is 1. The Balaban J connectivity index is 1.34. The Labute approximate surface area is 229 Å². The maximum atomic E-state index is 13.7. The van der Waals surface area contributed by atoms with Gasteiger partial charge in [-0.1, -0.05) is 55.5 Å². The van der Waals surface area contributed by atoms with Crippen LogP contribution in [0, 0.1) is 6.92 Å². The number of benzene rings is 3. The van der Waals surface area contributed by atoms with Crippen molar-refractivity contribution >= 4 is 37.6 Å². The molecule has 0 radical (unpaired) electrons. The molecule has 0 saturated carbocycles. The molecule has 9 heteroatoms. The summed E-state index contributed by atoms with van der Waals surface area (Å²) in [6.07, 6.45) is 2.40. The molecule has 2 aromatic heterocycles. The summed E-state index contributed by atoms with van der Waals surface area (Å²) in [5.74, 6) is 1.62. The first-order valence-corrected chi connectivity index (χ1v) is 15.0. The summed E-state index contributed by atoms with van der Waals surface area (Å²) in [4.78, 5) is 12.5. The van der Waals surface area contributed by atoms with Gasteiger partial charge >= 0.3 is 0 Å². The fourth-order valence-electron chi connectivity index (χ4n) is 5.34. The predicted octanol–water partition coefficient (Wildman–Crippen LogP) is 5.13. The van der Waals surface area contributed by atoms with Gasteiger partial charge in [-0.3, -0.25) is 0 Å². The molecule has 0 bridgehead atoms. The number of aryl methyl sites for hydroxylation is 2. The average molecular weight is 541 g/mol. The van der Waals surface area contributed by atoms with Gasteiger partial charge in [-0.05, 0) is 54.8 Å². The number of hydrogen-bond donors (Lipinski definition) is 0. The highest BCUT2D eigenvalue weighted by molar-refractivity contribution is 7.89. The number of fused-ring (bicyclic) bond motifs is 2. The minimum Gasteiger partial charge on any atom is -0.355 e. The van der Waals surface area contributed by atoms with Crippen molar-refractivity contribution in [2.75, 3.05) is 31.1 Å². The molecule has 0 aliphatic carbocycles. The molecule has 1 aliphatic rings. The van der Waals surface area contributed by atoms with Crippen LogP contribution in [0.4, 0.5) is 5.82 Å². The smallest absolute Gasteiger partial charge is 0.243 e. The summed E-state index contributed by atoms with van der Waals surface area (Å²) in [5.41, 5.74) is 2.60. The van der Waals surface area contributed by atoms with Crippen molar-refractivity contribution in [3.63, 3.8) is 0 Å². The number of aromatic nitrogens is 4. The van der Waals surface area contributed by atoms with Gasteiger partial charge in [-0.15, -0.1) is 0 Å². The maximum Gasteiger partial charge on any atom is 0.243 e. The fourth-order valence-corrected chi connectivity index (χ4v) is 6.85. The van der Waals surface area contributed by atoms with Crippen molar-refractivity contribution in [3.05, 3.63) is 84.3 Å². The Morgan fingerprint density at radius 3 is 2.41 bits per heavy atom. The first-order chi connectivity index (χ1) is 19.0. The third kappa shape index (κ3) is 4.77. The maximum absolute atomic E-state index is 13.7. The number of anilines is 1. The van der Waals surface area contributed by atoms with Crippen molar-refractivity contribution in [3.8, 4) is 5.69 Å². The van der Waals surface area contributed by atoms with Crippen LogP contribution in [0.15, 0.2) is 77.7 Å². The van der Waals surface area contributed by atoms with Crippen molar-refractivity contribution < 1.29 is 8.42 Å². The quantitative estimate of drug-likeness (QED) is 0.297. The molecule has 1 saturated heterocycles. The Morgan fingerprint density at radius 1 is 0.846 bits per heavy atom. The molecule has 0 unspecified atom stereocenters. The number of hydrogen-bond acceptors (Lipinski definition) is 6. The Morgan fingerprint density at radius 2 is 1.62 bits per heavy atom. The van der Waals surface area contributed by atoms with Crippen LogP contribution in [-0.2, 0) is 16.4 Å². The largest absolute Gasteiger partial charge is 0.355 e. The van der Waals surface area contributed by atoms with Crippen LogP contribution in [0.25, 0.3) is 27.5 Å². The molecular formula is C30H32N6O2S. The van der Waals surface area contributed by atoms with E-state index in [2.05, 4.69) is 11.8 Å². The van der Waals surface area contributed by atoms with Crippen LogP contribution in [0.2, 0.25) is 0 Å². The highest BCUT2D eigenvalue weighted by Gasteiger charge is 2.29. The molecule has 0 N–H and O–H groups in total. The van der Waals surface area contributed by atoms with Crippen molar-refractivity contribution in [2.45, 2.75) is 38.0 Å². The van der Waals surface area contributed by atoms with Gasteiger partial charge in [0.15, 0.2) is 5.65 Å². The van der Waals surface area contributed by atoms with Gasteiger partial charge in [0.05, 0.1) is 21.7 Å². The molecule has 0 spiro atoms. The average Bonchev–Trinajstić information content (AvgIpc) is 3.12. The minimum absolute atomic E-state index is 0.337. The second-order valence-corrected chi connectivity index (χ2v) is 11.9. The lowest BCUT2D eigenvalue weighted by Crippen LogP contribution is -2.35. The molecule has 39 heavy (non-hydrogen) atoms. The van der Waals surface area contributed by atoms with E-state index in [9.17, 15) is 8.42 Å². The molecule has 3 heterocycles. The van der Waals surface area contributed by atoms with E-state index in [4.69, 9.17) is 15.1 Å². The highest BCUT2D eigenvalue weighted by Crippen LogP contribution is 2.31. The lowest BCUT2D eigenvalue weighted by atomic mass is 10.1. The number of nitrogens with zero attached hydrogens (tertiary/aromatic N) is 6. The summed E-state index contributed by atoms with van der Waals surface area (Å²) in [6, 6.07) is 23.2. The summed E-state index contributed by atoms with van der Waals surface area (Å²) >= 11 is 0. The fraction of sp³-hybridized carbons (Fsp3) is 0.300. The van der Waals surface area contributed by atoms with E-state index < -0.39 is 10.0 Å². The van der Waals surface area contributed by atoms with E-state index in [1.165, 1.54) is 0 Å². The van der Waals surface area contributed by atoms with E-state index >= 15 is 0 Å². The zero-order valence-electron chi connectivity index (χ0n) is 22.3. The van der Waals surface area contributed by atoms with E-state index in [1.54, 1.807) is 16.4 Å². The van der Waals surface area contributed by atoms with Crippen molar-refractivity contribution in [1.29, 1.82) is 0 Å². The Bertz CT molecular complexity index is 1750. The standard InChI is InChI=1S/C30H32N6O2S/c1-3-10-27-31-29(28-22(2)33-36(30(28)32-27)25-13-5-4-6-14-25)34-17-9-18-35(20-19-34)39(37,38)26-16-15-23-11-7-8-12-24(23)21-26/h4-8,11-16,21H,3,9-10,17-20H2,1-2H3. The Hall–Kier alpha value is -3.82. The first kappa shape index (κ1) is 25.5. The molecule has 1 fully saturated rings. The van der Waals surface area contributed by atoms with E-state index in [1.807, 2.05) is 72.3 Å². The molecule has 5 aromatic rings. The van der Waals surface area contributed by atoms with E-state index in [-0.39, 0.29) is 0 Å². The zero-order valence-corrected chi connectivity index (χ0v) is 23.1. The lowest BCUT2D eigenvalue weighted by Gasteiger charge is -2.24. The van der Waals surface area contributed by atoms with Gasteiger partial charge in [0.25, 0.3) is 0 Å². The van der Waals surface area contributed by atoms with Crippen molar-refractivity contribution in [1.82, 2.24) is 24.1 Å². The van der Waals surface area contributed by atoms with Gasteiger partial charge in [0.1, 0.15) is 11.6 Å². The van der Waals surface area contributed by atoms with Crippen LogP contribution in [-0.4, -0.2) is 58.7 Å².